The zero-order valence-electron chi connectivity index (χ0n) is 17.0. The van der Waals surface area contributed by atoms with E-state index in [9.17, 15) is 13.2 Å². The van der Waals surface area contributed by atoms with E-state index >= 15 is 0 Å². The Kier molecular flexibility index (Phi) is 7.67. The van der Waals surface area contributed by atoms with Crippen molar-refractivity contribution in [3.63, 3.8) is 0 Å². The van der Waals surface area contributed by atoms with E-state index in [-0.39, 0.29) is 23.4 Å². The first-order valence-corrected chi connectivity index (χ1v) is 12.4. The molecular weight excluding hydrogens is 418 g/mol. The van der Waals surface area contributed by atoms with Gasteiger partial charge in [-0.1, -0.05) is 25.0 Å². The van der Waals surface area contributed by atoms with Crippen LogP contribution in [-0.2, 0) is 10.0 Å². The van der Waals surface area contributed by atoms with Gasteiger partial charge in [-0.05, 0) is 61.5 Å². The Morgan fingerprint density at radius 3 is 2.73 bits per heavy atom. The van der Waals surface area contributed by atoms with Crippen molar-refractivity contribution in [1.29, 1.82) is 0 Å². The first-order valence-electron chi connectivity index (χ1n) is 9.99. The van der Waals surface area contributed by atoms with Crippen LogP contribution in [0.2, 0.25) is 0 Å². The van der Waals surface area contributed by atoms with Crippen LogP contribution in [0.5, 0.6) is 0 Å². The second-order valence-corrected chi connectivity index (χ2v) is 10.3. The molecule has 2 N–H and O–H groups in total. The van der Waals surface area contributed by atoms with Crippen LogP contribution in [0.1, 0.15) is 41.0 Å². The fraction of sp³-hybridized carbons (Fsp3) is 0.409. The molecule has 0 bridgehead atoms. The highest BCUT2D eigenvalue weighted by Crippen LogP contribution is 2.29. The van der Waals surface area contributed by atoms with Gasteiger partial charge in [0.05, 0.1) is 17.5 Å². The van der Waals surface area contributed by atoms with Crippen molar-refractivity contribution in [2.75, 3.05) is 26.2 Å². The molecular formula is C22H27N3O3S2. The van der Waals surface area contributed by atoms with E-state index in [1.807, 2.05) is 11.4 Å². The highest BCUT2D eigenvalue weighted by Gasteiger charge is 2.26. The number of nitrogens with one attached hydrogen (secondary N) is 2. The smallest absolute Gasteiger partial charge is 0.251 e. The summed E-state index contributed by atoms with van der Waals surface area (Å²) in [7, 11) is -3.75. The SMILES string of the molecule is C#CCNS(=O)(=O)c1cccc(C(=O)NC[C@@H](c2cccs2)N2CCC(C)CC2)c1. The topological polar surface area (TPSA) is 78.5 Å². The minimum Gasteiger partial charge on any atom is -0.350 e. The zero-order valence-corrected chi connectivity index (χ0v) is 18.6. The van der Waals surface area contributed by atoms with E-state index in [2.05, 4.69) is 33.8 Å². The highest BCUT2D eigenvalue weighted by molar-refractivity contribution is 7.89. The van der Waals surface area contributed by atoms with Crippen molar-refractivity contribution in [3.05, 3.63) is 52.2 Å². The van der Waals surface area contributed by atoms with Crippen LogP contribution in [0, 0.1) is 18.3 Å². The second-order valence-electron chi connectivity index (χ2n) is 7.52. The van der Waals surface area contributed by atoms with Gasteiger partial charge in [0.1, 0.15) is 0 Å². The van der Waals surface area contributed by atoms with Crippen molar-refractivity contribution < 1.29 is 13.2 Å². The van der Waals surface area contributed by atoms with Crippen LogP contribution in [0.15, 0.2) is 46.7 Å². The van der Waals surface area contributed by atoms with Gasteiger partial charge in [-0.2, -0.15) is 4.72 Å². The van der Waals surface area contributed by atoms with Gasteiger partial charge in [-0.25, -0.2) is 8.42 Å². The molecule has 1 fully saturated rings. The number of terminal acetylenes is 1. The van der Waals surface area contributed by atoms with Crippen molar-refractivity contribution in [2.45, 2.75) is 30.7 Å². The van der Waals surface area contributed by atoms with Crippen molar-refractivity contribution in [3.8, 4) is 12.3 Å². The molecule has 1 aliphatic heterocycles. The summed E-state index contributed by atoms with van der Waals surface area (Å²) in [5.41, 5.74) is 0.302. The van der Waals surface area contributed by atoms with E-state index in [4.69, 9.17) is 6.42 Å². The van der Waals surface area contributed by atoms with E-state index in [1.165, 1.54) is 17.0 Å². The molecule has 0 unspecified atom stereocenters. The van der Waals surface area contributed by atoms with Crippen LogP contribution in [0.25, 0.3) is 0 Å². The largest absolute Gasteiger partial charge is 0.350 e. The van der Waals surface area contributed by atoms with Crippen molar-refractivity contribution in [2.24, 2.45) is 5.92 Å². The van der Waals surface area contributed by atoms with Crippen LogP contribution in [0.3, 0.4) is 0 Å². The van der Waals surface area contributed by atoms with Gasteiger partial charge >= 0.3 is 0 Å². The van der Waals surface area contributed by atoms with E-state index in [1.54, 1.807) is 23.5 Å². The number of benzene rings is 1. The summed E-state index contributed by atoms with van der Waals surface area (Å²) in [6, 6.07) is 10.2. The molecule has 1 atom stereocenters. The molecule has 2 heterocycles. The summed E-state index contributed by atoms with van der Waals surface area (Å²) in [5, 5.41) is 5.05. The fourth-order valence-corrected chi connectivity index (χ4v) is 5.39. The molecule has 8 heteroatoms. The molecule has 3 rings (SSSR count). The number of amides is 1. The lowest BCUT2D eigenvalue weighted by Crippen LogP contribution is -2.41. The Hall–Kier alpha value is -2.18. The van der Waals surface area contributed by atoms with Gasteiger partial charge < -0.3 is 5.32 Å². The van der Waals surface area contributed by atoms with Crippen LogP contribution >= 0.6 is 11.3 Å². The number of likely N-dealkylation sites (tertiary alicyclic amines) is 1. The summed E-state index contributed by atoms with van der Waals surface area (Å²) >= 11 is 1.69. The minimum absolute atomic E-state index is 0.0187. The van der Waals surface area contributed by atoms with E-state index in [0.29, 0.717) is 12.1 Å². The second kappa shape index (κ2) is 10.2. The summed E-state index contributed by atoms with van der Waals surface area (Å²) < 4.78 is 26.9. The van der Waals surface area contributed by atoms with E-state index < -0.39 is 10.0 Å². The molecule has 30 heavy (non-hydrogen) atoms. The Morgan fingerprint density at radius 2 is 2.07 bits per heavy atom. The van der Waals surface area contributed by atoms with Gasteiger partial charge in [0, 0.05) is 17.0 Å². The van der Waals surface area contributed by atoms with Gasteiger partial charge in [0.25, 0.3) is 5.91 Å². The van der Waals surface area contributed by atoms with Gasteiger partial charge in [-0.15, -0.1) is 17.8 Å². The molecule has 6 nitrogen and oxygen atoms in total. The maximum absolute atomic E-state index is 12.8. The number of hydrogen-bond acceptors (Lipinski definition) is 5. The molecule has 0 radical (unpaired) electrons. The van der Waals surface area contributed by atoms with Crippen molar-refractivity contribution in [1.82, 2.24) is 14.9 Å². The lowest BCUT2D eigenvalue weighted by Gasteiger charge is -2.36. The number of sulfonamides is 1. The van der Waals surface area contributed by atoms with E-state index in [0.717, 1.165) is 31.8 Å². The molecule has 2 aromatic rings. The number of piperidine rings is 1. The number of rotatable bonds is 8. The molecule has 0 saturated carbocycles. The maximum Gasteiger partial charge on any atom is 0.251 e. The summed E-state index contributed by atoms with van der Waals surface area (Å²) in [5.74, 6) is 2.67. The lowest BCUT2D eigenvalue weighted by molar-refractivity contribution is 0.0914. The Balaban J connectivity index is 1.70. The number of hydrogen-bond donors (Lipinski definition) is 2. The predicted molar refractivity (Wildman–Crippen MR) is 120 cm³/mol. The van der Waals surface area contributed by atoms with Crippen molar-refractivity contribution >= 4 is 27.3 Å². The summed E-state index contributed by atoms with van der Waals surface area (Å²) in [6.07, 6.45) is 7.43. The standard InChI is InChI=1S/C22H27N3O3S2/c1-3-11-24-30(27,28)19-7-4-6-18(15-19)22(26)23-16-20(21-8-5-14-29-21)25-12-9-17(2)10-13-25/h1,4-8,14-15,17,20,24H,9-13,16H2,2H3,(H,23,26)/t20-/m0/s1. The molecule has 0 spiro atoms. The third-order valence-electron chi connectivity index (χ3n) is 5.36. The molecule has 1 aromatic heterocycles. The molecule has 1 aliphatic rings. The molecule has 0 aliphatic carbocycles. The van der Waals surface area contributed by atoms with Crippen LogP contribution in [-0.4, -0.2) is 45.4 Å². The third-order valence-corrected chi connectivity index (χ3v) is 7.73. The van der Waals surface area contributed by atoms with Crippen LogP contribution in [0.4, 0.5) is 0 Å². The lowest BCUT2D eigenvalue weighted by atomic mass is 9.97. The number of carbonyl (C=O) groups excluding carboxylic acids is 1. The molecule has 1 aromatic carbocycles. The Labute approximate surface area is 182 Å². The average molecular weight is 446 g/mol. The molecule has 1 amide bonds. The molecule has 1 saturated heterocycles. The first-order chi connectivity index (χ1) is 14.4. The number of thiophene rings is 1. The highest BCUT2D eigenvalue weighted by atomic mass is 32.2. The third kappa shape index (κ3) is 5.70. The monoisotopic (exact) mass is 445 g/mol. The molecule has 160 valence electrons. The van der Waals surface area contributed by atoms with Gasteiger partial charge in [-0.3, -0.25) is 9.69 Å². The quantitative estimate of drug-likeness (QED) is 0.613. The first kappa shape index (κ1) is 22.5. The summed E-state index contributed by atoms with van der Waals surface area (Å²) in [6.45, 7) is 4.66. The summed E-state index contributed by atoms with van der Waals surface area (Å²) in [4.78, 5) is 16.4. The predicted octanol–water partition coefficient (Wildman–Crippen LogP) is 2.86. The average Bonchev–Trinajstić information content (AvgIpc) is 3.28. The van der Waals surface area contributed by atoms with Gasteiger partial charge in [0.2, 0.25) is 10.0 Å². The minimum atomic E-state index is -3.75. The number of nitrogens with zero attached hydrogens (tertiary/aromatic N) is 1. The zero-order chi connectivity index (χ0) is 21.6. The Bertz CT molecular complexity index is 989. The normalized spacial score (nSPS) is 16.7. The Morgan fingerprint density at radius 1 is 1.30 bits per heavy atom. The fourth-order valence-electron chi connectivity index (χ4n) is 3.55. The maximum atomic E-state index is 12.8. The number of carbonyl (C=O) groups is 1. The van der Waals surface area contributed by atoms with Crippen LogP contribution < -0.4 is 10.0 Å². The van der Waals surface area contributed by atoms with Gasteiger partial charge in [0.15, 0.2) is 0 Å².